The van der Waals surface area contributed by atoms with E-state index in [2.05, 4.69) is 19.2 Å². The highest BCUT2D eigenvalue weighted by Gasteiger charge is 2.28. The first-order valence-corrected chi connectivity index (χ1v) is 10.8. The molecule has 0 bridgehead atoms. The summed E-state index contributed by atoms with van der Waals surface area (Å²) in [5.74, 6) is 1.04. The number of hydrogen-bond donors (Lipinski definition) is 1. The van der Waals surface area contributed by atoms with Crippen LogP contribution in [-0.2, 0) is 16.1 Å². The minimum Gasteiger partial charge on any atom is -0.494 e. The molecule has 0 aliphatic rings. The van der Waals surface area contributed by atoms with Crippen molar-refractivity contribution >= 4 is 11.8 Å². The van der Waals surface area contributed by atoms with Crippen molar-refractivity contribution < 1.29 is 14.3 Å². The molecule has 0 aliphatic heterocycles. The quantitative estimate of drug-likeness (QED) is 0.527. The van der Waals surface area contributed by atoms with Gasteiger partial charge in [-0.25, -0.2) is 0 Å². The summed E-state index contributed by atoms with van der Waals surface area (Å²) in [6.45, 7) is 7.55. The summed E-state index contributed by atoms with van der Waals surface area (Å²) >= 11 is 0. The molecule has 2 rings (SSSR count). The third-order valence-corrected chi connectivity index (χ3v) is 4.81. The highest BCUT2D eigenvalue weighted by Crippen LogP contribution is 2.15. The van der Waals surface area contributed by atoms with Crippen LogP contribution >= 0.6 is 0 Å². The Balaban J connectivity index is 2.01. The maximum Gasteiger partial charge on any atom is 0.242 e. The summed E-state index contributed by atoms with van der Waals surface area (Å²) in [5.41, 5.74) is 1.02. The number of carbonyl (C=O) groups is 2. The third kappa shape index (κ3) is 7.90. The fourth-order valence-electron chi connectivity index (χ4n) is 3.20. The Morgan fingerprint density at radius 1 is 1.00 bits per heavy atom. The number of amides is 2. The molecule has 0 radical (unpaired) electrons. The lowest BCUT2D eigenvalue weighted by Gasteiger charge is -2.31. The standard InChI is InChI=1S/C25H34N2O3/c1-4-23(25(29)26-18-20(2)3)27(19-21-12-7-5-8-13-21)24(28)16-11-17-30-22-14-9-6-10-15-22/h5-10,12-15,20,23H,4,11,16-19H2,1-3H3,(H,26,29)/t23-/m1/s1. The molecule has 5 heteroatoms. The van der Waals surface area contributed by atoms with Crippen molar-refractivity contribution in [3.63, 3.8) is 0 Å². The van der Waals surface area contributed by atoms with E-state index >= 15 is 0 Å². The second-order valence-corrected chi connectivity index (χ2v) is 7.84. The first kappa shape index (κ1) is 23.5. The van der Waals surface area contributed by atoms with Crippen LogP contribution in [0.3, 0.4) is 0 Å². The van der Waals surface area contributed by atoms with Crippen LogP contribution in [0, 0.1) is 5.92 Å². The molecule has 5 nitrogen and oxygen atoms in total. The van der Waals surface area contributed by atoms with Gasteiger partial charge in [0.1, 0.15) is 11.8 Å². The van der Waals surface area contributed by atoms with Crippen LogP contribution in [-0.4, -0.2) is 35.9 Å². The van der Waals surface area contributed by atoms with E-state index in [1.807, 2.05) is 67.6 Å². The van der Waals surface area contributed by atoms with Crippen molar-refractivity contribution in [1.82, 2.24) is 10.2 Å². The van der Waals surface area contributed by atoms with Crippen molar-refractivity contribution in [3.05, 3.63) is 66.2 Å². The van der Waals surface area contributed by atoms with Gasteiger partial charge in [-0.3, -0.25) is 9.59 Å². The van der Waals surface area contributed by atoms with Crippen LogP contribution in [0.5, 0.6) is 5.75 Å². The van der Waals surface area contributed by atoms with Gasteiger partial charge in [-0.1, -0.05) is 69.3 Å². The van der Waals surface area contributed by atoms with Gasteiger partial charge in [-0.15, -0.1) is 0 Å². The highest BCUT2D eigenvalue weighted by atomic mass is 16.5. The molecule has 0 saturated carbocycles. The third-order valence-electron chi connectivity index (χ3n) is 4.81. The van der Waals surface area contributed by atoms with Gasteiger partial charge in [0, 0.05) is 19.5 Å². The lowest BCUT2D eigenvalue weighted by Crippen LogP contribution is -2.49. The van der Waals surface area contributed by atoms with Crippen LogP contribution in [0.2, 0.25) is 0 Å². The second kappa shape index (κ2) is 12.7. The van der Waals surface area contributed by atoms with Gasteiger partial charge >= 0.3 is 0 Å². The van der Waals surface area contributed by atoms with Gasteiger partial charge in [-0.2, -0.15) is 0 Å². The van der Waals surface area contributed by atoms with E-state index in [1.165, 1.54) is 0 Å². The zero-order valence-electron chi connectivity index (χ0n) is 18.3. The van der Waals surface area contributed by atoms with E-state index in [9.17, 15) is 9.59 Å². The number of ether oxygens (including phenoxy) is 1. The molecule has 162 valence electrons. The van der Waals surface area contributed by atoms with E-state index in [0.29, 0.717) is 44.9 Å². The number of nitrogens with one attached hydrogen (secondary N) is 1. The Labute approximate surface area is 180 Å². The predicted molar refractivity (Wildman–Crippen MR) is 120 cm³/mol. The molecule has 0 spiro atoms. The molecule has 0 saturated heterocycles. The highest BCUT2D eigenvalue weighted by molar-refractivity contribution is 5.87. The average Bonchev–Trinajstić information content (AvgIpc) is 2.76. The Morgan fingerprint density at radius 3 is 2.23 bits per heavy atom. The van der Waals surface area contributed by atoms with Gasteiger partial charge in [-0.05, 0) is 36.5 Å². The molecule has 1 atom stereocenters. The smallest absolute Gasteiger partial charge is 0.242 e. The molecule has 0 unspecified atom stereocenters. The normalized spacial score (nSPS) is 11.7. The fourth-order valence-corrected chi connectivity index (χ4v) is 3.20. The molecular weight excluding hydrogens is 376 g/mol. The Bertz CT molecular complexity index is 762. The van der Waals surface area contributed by atoms with E-state index < -0.39 is 6.04 Å². The average molecular weight is 411 g/mol. The van der Waals surface area contributed by atoms with E-state index in [0.717, 1.165) is 11.3 Å². The number of para-hydroxylation sites is 1. The van der Waals surface area contributed by atoms with E-state index in [1.54, 1.807) is 4.90 Å². The van der Waals surface area contributed by atoms with Crippen LogP contribution in [0.25, 0.3) is 0 Å². The molecule has 2 amide bonds. The lowest BCUT2D eigenvalue weighted by atomic mass is 10.1. The van der Waals surface area contributed by atoms with Crippen LogP contribution in [0.1, 0.15) is 45.6 Å². The van der Waals surface area contributed by atoms with Crippen molar-refractivity contribution in [2.45, 2.75) is 52.6 Å². The zero-order valence-corrected chi connectivity index (χ0v) is 18.3. The van der Waals surface area contributed by atoms with Crippen LogP contribution < -0.4 is 10.1 Å². The molecule has 0 heterocycles. The van der Waals surface area contributed by atoms with E-state index in [-0.39, 0.29) is 11.8 Å². The molecule has 0 aliphatic carbocycles. The van der Waals surface area contributed by atoms with Gasteiger partial charge in [0.2, 0.25) is 11.8 Å². The Hall–Kier alpha value is -2.82. The SMILES string of the molecule is CC[C@H](C(=O)NCC(C)C)N(Cc1ccccc1)C(=O)CCCOc1ccccc1. The molecule has 0 fully saturated rings. The van der Waals surface area contributed by atoms with Crippen molar-refractivity contribution in [2.75, 3.05) is 13.2 Å². The van der Waals surface area contributed by atoms with Crippen molar-refractivity contribution in [3.8, 4) is 5.75 Å². The fraction of sp³-hybridized carbons (Fsp3) is 0.440. The molecule has 30 heavy (non-hydrogen) atoms. The lowest BCUT2D eigenvalue weighted by molar-refractivity contribution is -0.141. The monoisotopic (exact) mass is 410 g/mol. The number of hydrogen-bond acceptors (Lipinski definition) is 3. The van der Waals surface area contributed by atoms with Gasteiger partial charge in [0.05, 0.1) is 6.61 Å². The number of carbonyl (C=O) groups excluding carboxylic acids is 2. The van der Waals surface area contributed by atoms with Crippen LogP contribution in [0.15, 0.2) is 60.7 Å². The first-order valence-electron chi connectivity index (χ1n) is 10.8. The summed E-state index contributed by atoms with van der Waals surface area (Å²) in [4.78, 5) is 27.6. The molecule has 1 N–H and O–H groups in total. The van der Waals surface area contributed by atoms with Gasteiger partial charge in [0.25, 0.3) is 0 Å². The Morgan fingerprint density at radius 2 is 1.63 bits per heavy atom. The first-order chi connectivity index (χ1) is 14.5. The summed E-state index contributed by atoms with van der Waals surface area (Å²) < 4.78 is 5.70. The van der Waals surface area contributed by atoms with E-state index in [4.69, 9.17) is 4.74 Å². The molecule has 2 aromatic rings. The van der Waals surface area contributed by atoms with Gasteiger partial charge < -0.3 is 15.0 Å². The minimum atomic E-state index is -0.480. The topological polar surface area (TPSA) is 58.6 Å². The van der Waals surface area contributed by atoms with Crippen molar-refractivity contribution in [1.29, 1.82) is 0 Å². The number of nitrogens with zero attached hydrogens (tertiary/aromatic N) is 1. The number of rotatable bonds is 12. The van der Waals surface area contributed by atoms with Crippen molar-refractivity contribution in [2.24, 2.45) is 5.92 Å². The molecule has 2 aromatic carbocycles. The predicted octanol–water partition coefficient (Wildman–Crippen LogP) is 4.43. The second-order valence-electron chi connectivity index (χ2n) is 7.84. The summed E-state index contributed by atoms with van der Waals surface area (Å²) in [6.07, 6.45) is 1.51. The maximum atomic E-state index is 13.1. The maximum absolute atomic E-state index is 13.1. The summed E-state index contributed by atoms with van der Waals surface area (Å²) in [7, 11) is 0. The van der Waals surface area contributed by atoms with Crippen LogP contribution in [0.4, 0.5) is 0 Å². The molecule has 0 aromatic heterocycles. The van der Waals surface area contributed by atoms with Gasteiger partial charge in [0.15, 0.2) is 0 Å². The summed E-state index contributed by atoms with van der Waals surface area (Å²) in [6, 6.07) is 18.9. The molecular formula is C25H34N2O3. The number of benzene rings is 2. The Kier molecular flexibility index (Phi) is 9.92. The largest absolute Gasteiger partial charge is 0.494 e. The zero-order chi connectivity index (χ0) is 21.8. The minimum absolute atomic E-state index is 0.0259. The summed E-state index contributed by atoms with van der Waals surface area (Å²) in [5, 5.41) is 2.99.